The second kappa shape index (κ2) is 6.18. The molecular formula is C19H13N5O2. The van der Waals surface area contributed by atoms with Crippen molar-refractivity contribution in [3.8, 4) is 28.9 Å². The van der Waals surface area contributed by atoms with Crippen LogP contribution in [0, 0.1) is 11.3 Å². The molecule has 0 atom stereocenters. The smallest absolute Gasteiger partial charge is 0.332 e. The van der Waals surface area contributed by atoms with Crippen molar-refractivity contribution < 1.29 is 4.74 Å². The molecule has 0 spiro atoms. The van der Waals surface area contributed by atoms with Gasteiger partial charge in [0.05, 0.1) is 30.6 Å². The summed E-state index contributed by atoms with van der Waals surface area (Å²) in [7, 11) is 1.55. The van der Waals surface area contributed by atoms with E-state index < -0.39 is 0 Å². The molecule has 26 heavy (non-hydrogen) atoms. The second-order valence-electron chi connectivity index (χ2n) is 5.56. The molecule has 126 valence electrons. The number of benzene rings is 2. The van der Waals surface area contributed by atoms with Crippen LogP contribution in [-0.2, 0) is 0 Å². The van der Waals surface area contributed by atoms with Gasteiger partial charge in [0.2, 0.25) is 0 Å². The molecule has 0 radical (unpaired) electrons. The van der Waals surface area contributed by atoms with Crippen molar-refractivity contribution >= 4 is 11.2 Å². The van der Waals surface area contributed by atoms with E-state index in [9.17, 15) is 4.79 Å². The number of hydrogen-bond donors (Lipinski definition) is 1. The number of nitrogens with one attached hydrogen (secondary N) is 1. The summed E-state index contributed by atoms with van der Waals surface area (Å²) in [4.78, 5) is 24.1. The summed E-state index contributed by atoms with van der Waals surface area (Å²) in [5.74, 6) is 1.03. The van der Waals surface area contributed by atoms with Crippen molar-refractivity contribution in [1.29, 1.82) is 5.26 Å². The van der Waals surface area contributed by atoms with E-state index in [0.717, 1.165) is 5.56 Å². The van der Waals surface area contributed by atoms with Gasteiger partial charge < -0.3 is 9.72 Å². The van der Waals surface area contributed by atoms with E-state index >= 15 is 0 Å². The van der Waals surface area contributed by atoms with Crippen LogP contribution in [0.4, 0.5) is 0 Å². The molecule has 4 aromatic rings. The summed E-state index contributed by atoms with van der Waals surface area (Å²) >= 11 is 0. The van der Waals surface area contributed by atoms with Crippen LogP contribution >= 0.6 is 0 Å². The molecule has 0 fully saturated rings. The van der Waals surface area contributed by atoms with Gasteiger partial charge in [-0.25, -0.2) is 19.3 Å². The number of H-pyrrole nitrogens is 1. The van der Waals surface area contributed by atoms with Gasteiger partial charge in [-0.1, -0.05) is 12.1 Å². The molecule has 7 heteroatoms. The third kappa shape index (κ3) is 2.50. The van der Waals surface area contributed by atoms with Gasteiger partial charge in [-0.2, -0.15) is 5.26 Å². The van der Waals surface area contributed by atoms with Gasteiger partial charge in [-0.15, -0.1) is 0 Å². The summed E-state index contributed by atoms with van der Waals surface area (Å²) in [6.45, 7) is 0. The molecule has 2 aromatic heterocycles. The zero-order chi connectivity index (χ0) is 18.1. The first-order valence-corrected chi connectivity index (χ1v) is 7.83. The molecular weight excluding hydrogens is 330 g/mol. The third-order valence-corrected chi connectivity index (χ3v) is 4.02. The number of imidazole rings is 1. The largest absolute Gasteiger partial charge is 0.495 e. The summed E-state index contributed by atoms with van der Waals surface area (Å²) in [5, 5.41) is 8.92. The minimum Gasteiger partial charge on any atom is -0.495 e. The Kier molecular flexibility index (Phi) is 3.71. The highest BCUT2D eigenvalue weighted by molar-refractivity contribution is 5.75. The Morgan fingerprint density at radius 2 is 1.92 bits per heavy atom. The summed E-state index contributed by atoms with van der Waals surface area (Å²) < 4.78 is 6.83. The van der Waals surface area contributed by atoms with Gasteiger partial charge in [-0.05, 0) is 36.4 Å². The molecule has 1 N–H and O–H groups in total. The number of rotatable bonds is 3. The number of ether oxygens (including phenoxy) is 1. The average Bonchev–Trinajstić information content (AvgIpc) is 3.02. The van der Waals surface area contributed by atoms with E-state index in [4.69, 9.17) is 10.00 Å². The van der Waals surface area contributed by atoms with Gasteiger partial charge in [0.1, 0.15) is 11.3 Å². The van der Waals surface area contributed by atoms with Crippen LogP contribution in [0.5, 0.6) is 5.75 Å². The quantitative estimate of drug-likeness (QED) is 0.617. The van der Waals surface area contributed by atoms with Crippen molar-refractivity contribution in [1.82, 2.24) is 19.5 Å². The van der Waals surface area contributed by atoms with Gasteiger partial charge in [-0.3, -0.25) is 0 Å². The Morgan fingerprint density at radius 1 is 1.15 bits per heavy atom. The number of nitrogens with zero attached hydrogens (tertiary/aromatic N) is 4. The van der Waals surface area contributed by atoms with Crippen LogP contribution in [0.1, 0.15) is 5.56 Å². The Morgan fingerprint density at radius 3 is 2.65 bits per heavy atom. The first kappa shape index (κ1) is 15.6. The Labute approximate surface area is 148 Å². The fourth-order valence-corrected chi connectivity index (χ4v) is 2.77. The third-order valence-electron chi connectivity index (χ3n) is 4.02. The number of aromatic amines is 1. The minimum absolute atomic E-state index is 0.323. The first-order valence-electron chi connectivity index (χ1n) is 7.83. The highest BCUT2D eigenvalue weighted by Crippen LogP contribution is 2.24. The normalized spacial score (nSPS) is 10.6. The number of nitriles is 1. The molecule has 4 rings (SSSR count). The van der Waals surface area contributed by atoms with Gasteiger partial charge in [0, 0.05) is 5.56 Å². The lowest BCUT2D eigenvalue weighted by Gasteiger charge is -2.09. The van der Waals surface area contributed by atoms with E-state index in [1.165, 1.54) is 4.57 Å². The minimum atomic E-state index is -0.323. The molecule has 0 unspecified atom stereocenters. The van der Waals surface area contributed by atoms with Crippen molar-refractivity contribution in [2.24, 2.45) is 0 Å². The lowest BCUT2D eigenvalue weighted by molar-refractivity contribution is 0.413. The Hall–Kier alpha value is -3.92. The van der Waals surface area contributed by atoms with E-state index in [1.807, 2.05) is 12.1 Å². The monoisotopic (exact) mass is 343 g/mol. The highest BCUT2D eigenvalue weighted by Gasteiger charge is 2.15. The molecule has 0 aliphatic carbocycles. The SMILES string of the molecule is COc1ccccc1-n1c(=O)[nH]c2cnc(-c3ccc(C#N)cc3)nc21. The lowest BCUT2D eigenvalue weighted by Crippen LogP contribution is -2.15. The Balaban J connectivity index is 1.93. The molecule has 0 aliphatic heterocycles. The zero-order valence-electron chi connectivity index (χ0n) is 13.8. The predicted molar refractivity (Wildman–Crippen MR) is 96.2 cm³/mol. The molecule has 0 aliphatic rings. The molecule has 0 saturated heterocycles. The maximum atomic E-state index is 12.5. The molecule has 0 amide bonds. The van der Waals surface area contributed by atoms with E-state index in [0.29, 0.717) is 34.0 Å². The second-order valence-corrected chi connectivity index (χ2v) is 5.56. The summed E-state index contributed by atoms with van der Waals surface area (Å²) in [6, 6.07) is 16.3. The van der Waals surface area contributed by atoms with Crippen LogP contribution in [0.3, 0.4) is 0 Å². The number of hydrogen-bond acceptors (Lipinski definition) is 5. The van der Waals surface area contributed by atoms with Gasteiger partial charge >= 0.3 is 5.69 Å². The number of para-hydroxylation sites is 2. The first-order chi connectivity index (χ1) is 12.7. The van der Waals surface area contributed by atoms with Crippen LogP contribution in [0.25, 0.3) is 28.2 Å². The number of methoxy groups -OCH3 is 1. The van der Waals surface area contributed by atoms with Crippen molar-refractivity contribution in [3.05, 3.63) is 70.8 Å². The van der Waals surface area contributed by atoms with Crippen molar-refractivity contribution in [2.45, 2.75) is 0 Å². The summed E-state index contributed by atoms with van der Waals surface area (Å²) in [6.07, 6.45) is 1.57. The molecule has 2 aromatic carbocycles. The topological polar surface area (TPSA) is 96.6 Å². The van der Waals surface area contributed by atoms with E-state index in [1.54, 1.807) is 49.7 Å². The van der Waals surface area contributed by atoms with Crippen LogP contribution in [-0.4, -0.2) is 26.6 Å². The zero-order valence-corrected chi connectivity index (χ0v) is 13.8. The molecule has 0 saturated carbocycles. The molecule has 7 nitrogen and oxygen atoms in total. The molecule has 2 heterocycles. The van der Waals surface area contributed by atoms with Crippen LogP contribution in [0.15, 0.2) is 59.5 Å². The van der Waals surface area contributed by atoms with E-state index in [-0.39, 0.29) is 5.69 Å². The average molecular weight is 343 g/mol. The highest BCUT2D eigenvalue weighted by atomic mass is 16.5. The number of aromatic nitrogens is 4. The maximum Gasteiger partial charge on any atom is 0.332 e. The standard InChI is InChI=1S/C19H13N5O2/c1-26-16-5-3-2-4-15(16)24-18-14(22-19(24)25)11-21-17(23-18)13-8-6-12(10-20)7-9-13/h2-9,11H,1H3,(H,22,25). The number of fused-ring (bicyclic) bond motifs is 1. The van der Waals surface area contributed by atoms with Crippen molar-refractivity contribution in [2.75, 3.05) is 7.11 Å². The van der Waals surface area contributed by atoms with Crippen LogP contribution in [0.2, 0.25) is 0 Å². The van der Waals surface area contributed by atoms with E-state index in [2.05, 4.69) is 21.0 Å². The summed E-state index contributed by atoms with van der Waals surface area (Å²) in [5.41, 5.74) is 2.56. The van der Waals surface area contributed by atoms with Gasteiger partial charge in [0.25, 0.3) is 0 Å². The fourth-order valence-electron chi connectivity index (χ4n) is 2.77. The maximum absolute atomic E-state index is 12.5. The van der Waals surface area contributed by atoms with Crippen molar-refractivity contribution in [3.63, 3.8) is 0 Å². The predicted octanol–water partition coefficient (Wildman–Crippen LogP) is 2.66. The lowest BCUT2D eigenvalue weighted by atomic mass is 10.1. The fraction of sp³-hybridized carbons (Fsp3) is 0.0526. The Bertz CT molecular complexity index is 1200. The van der Waals surface area contributed by atoms with Gasteiger partial charge in [0.15, 0.2) is 11.5 Å². The molecule has 0 bridgehead atoms. The van der Waals surface area contributed by atoms with Crippen LogP contribution < -0.4 is 10.4 Å².